The minimum Gasteiger partial charge on any atom is -0.398 e. The van der Waals surface area contributed by atoms with E-state index in [-0.39, 0.29) is 5.91 Å². The molecule has 1 aromatic heterocycles. The van der Waals surface area contributed by atoms with Gasteiger partial charge in [-0.1, -0.05) is 12.1 Å². The Bertz CT molecular complexity index is 663. The molecule has 5 heteroatoms. The van der Waals surface area contributed by atoms with Crippen molar-refractivity contribution in [3.05, 3.63) is 45.1 Å². The molecule has 3 N–H and O–H groups in total. The summed E-state index contributed by atoms with van der Waals surface area (Å²) in [6.07, 6.45) is 0. The minimum atomic E-state index is -0.244. The van der Waals surface area contributed by atoms with E-state index >= 15 is 0 Å². The number of carbonyl (C=O) groups excluding carboxylic acids is 1. The summed E-state index contributed by atoms with van der Waals surface area (Å²) in [5.74, 6) is -0.244. The van der Waals surface area contributed by atoms with Crippen LogP contribution in [-0.2, 0) is 0 Å². The Morgan fingerprint density at radius 2 is 2.16 bits per heavy atom. The third-order valence-corrected chi connectivity index (χ3v) is 3.88. The summed E-state index contributed by atoms with van der Waals surface area (Å²) in [6.45, 7) is 3.70. The third-order valence-electron chi connectivity index (χ3n) is 2.81. The Balaban J connectivity index is 2.30. The fourth-order valence-electron chi connectivity index (χ4n) is 1.71. The molecule has 0 unspecified atom stereocenters. The van der Waals surface area contributed by atoms with Gasteiger partial charge < -0.3 is 11.1 Å². The molecule has 1 aromatic carbocycles. The van der Waals surface area contributed by atoms with Gasteiger partial charge in [0.25, 0.3) is 5.91 Å². The molecule has 0 radical (unpaired) electrons. The molecule has 1 amide bonds. The summed E-state index contributed by atoms with van der Waals surface area (Å²) < 4.78 is 0. The number of anilines is 2. The summed E-state index contributed by atoms with van der Waals surface area (Å²) in [7, 11) is 0. The maximum atomic E-state index is 12.1. The molecule has 2 aromatic rings. The maximum Gasteiger partial charge on any atom is 0.265 e. The molecule has 19 heavy (non-hydrogen) atoms. The van der Waals surface area contributed by atoms with Gasteiger partial charge in [-0.3, -0.25) is 4.79 Å². The van der Waals surface area contributed by atoms with Crippen LogP contribution in [0.2, 0.25) is 0 Å². The lowest BCUT2D eigenvalue weighted by Gasteiger charge is -2.07. The zero-order chi connectivity index (χ0) is 14.0. The molecule has 2 rings (SSSR count). The molecular formula is C14H13N3OS. The molecule has 96 valence electrons. The number of nitriles is 1. The van der Waals surface area contributed by atoms with Crippen LogP contribution in [0.4, 0.5) is 11.4 Å². The third kappa shape index (κ3) is 2.59. The van der Waals surface area contributed by atoms with Crippen molar-refractivity contribution in [3.8, 4) is 6.07 Å². The van der Waals surface area contributed by atoms with Gasteiger partial charge >= 0.3 is 0 Å². The van der Waals surface area contributed by atoms with Gasteiger partial charge in [0.1, 0.15) is 6.07 Å². The zero-order valence-corrected chi connectivity index (χ0v) is 11.5. The van der Waals surface area contributed by atoms with Crippen molar-refractivity contribution in [1.29, 1.82) is 5.26 Å². The second kappa shape index (κ2) is 5.12. The molecule has 0 aliphatic heterocycles. The molecule has 0 atom stereocenters. The van der Waals surface area contributed by atoms with Crippen molar-refractivity contribution in [2.24, 2.45) is 0 Å². The average Bonchev–Trinajstić information content (AvgIpc) is 2.70. The Labute approximate surface area is 115 Å². The van der Waals surface area contributed by atoms with Crippen LogP contribution in [0, 0.1) is 25.2 Å². The smallest absolute Gasteiger partial charge is 0.265 e. The number of hydrogen-bond donors (Lipinski definition) is 2. The predicted molar refractivity (Wildman–Crippen MR) is 77.3 cm³/mol. The van der Waals surface area contributed by atoms with Gasteiger partial charge in [0, 0.05) is 10.6 Å². The van der Waals surface area contributed by atoms with Crippen molar-refractivity contribution in [3.63, 3.8) is 0 Å². The number of benzene rings is 1. The standard InChI is InChI=1S/C14H13N3OS/c1-8-4-3-5-12(10(8)7-15)17-14(18)13-6-11(16)9(2)19-13/h3-6H,16H2,1-2H3,(H,17,18). The minimum absolute atomic E-state index is 0.244. The average molecular weight is 271 g/mol. The largest absolute Gasteiger partial charge is 0.398 e. The van der Waals surface area contributed by atoms with Crippen LogP contribution < -0.4 is 11.1 Å². The Morgan fingerprint density at radius 3 is 2.74 bits per heavy atom. The van der Waals surface area contributed by atoms with Crippen LogP contribution in [-0.4, -0.2) is 5.91 Å². The Morgan fingerprint density at radius 1 is 1.42 bits per heavy atom. The number of nitrogen functional groups attached to an aromatic ring is 1. The van der Waals surface area contributed by atoms with Gasteiger partial charge in [0.15, 0.2) is 0 Å². The van der Waals surface area contributed by atoms with Crippen molar-refractivity contribution in [1.82, 2.24) is 0 Å². The fourth-order valence-corrected chi connectivity index (χ4v) is 2.55. The summed E-state index contributed by atoms with van der Waals surface area (Å²) in [5, 5.41) is 11.9. The molecule has 1 heterocycles. The van der Waals surface area contributed by atoms with E-state index in [1.54, 1.807) is 18.2 Å². The second-order valence-corrected chi connectivity index (χ2v) is 5.44. The van der Waals surface area contributed by atoms with Crippen LogP contribution in [0.1, 0.15) is 25.7 Å². The number of carbonyl (C=O) groups is 1. The highest BCUT2D eigenvalue weighted by Crippen LogP contribution is 2.25. The van der Waals surface area contributed by atoms with Gasteiger partial charge in [-0.25, -0.2) is 0 Å². The number of rotatable bonds is 2. The van der Waals surface area contributed by atoms with Crippen molar-refractivity contribution >= 4 is 28.6 Å². The number of nitrogens with two attached hydrogens (primary N) is 1. The Hall–Kier alpha value is -2.32. The van der Waals surface area contributed by atoms with Crippen molar-refractivity contribution in [2.75, 3.05) is 11.1 Å². The number of amides is 1. The van der Waals surface area contributed by atoms with Gasteiger partial charge in [-0.2, -0.15) is 5.26 Å². The molecule has 4 nitrogen and oxygen atoms in total. The van der Waals surface area contributed by atoms with E-state index in [0.717, 1.165) is 10.4 Å². The SMILES string of the molecule is Cc1cccc(NC(=O)c2cc(N)c(C)s2)c1C#N. The fraction of sp³-hybridized carbons (Fsp3) is 0.143. The number of hydrogen-bond acceptors (Lipinski definition) is 4. The number of nitrogens with one attached hydrogen (secondary N) is 1. The van der Waals surface area contributed by atoms with Crippen LogP contribution >= 0.6 is 11.3 Å². The highest BCUT2D eigenvalue weighted by atomic mass is 32.1. The topological polar surface area (TPSA) is 78.9 Å². The van der Waals surface area contributed by atoms with E-state index in [1.807, 2.05) is 19.9 Å². The van der Waals surface area contributed by atoms with E-state index in [2.05, 4.69) is 11.4 Å². The number of nitrogens with zero attached hydrogens (tertiary/aromatic N) is 1. The molecule has 0 fully saturated rings. The van der Waals surface area contributed by atoms with E-state index in [0.29, 0.717) is 21.8 Å². The maximum absolute atomic E-state index is 12.1. The van der Waals surface area contributed by atoms with Gasteiger partial charge in [-0.15, -0.1) is 11.3 Å². The van der Waals surface area contributed by atoms with E-state index in [1.165, 1.54) is 11.3 Å². The molecule has 0 aliphatic rings. The number of thiophene rings is 1. The summed E-state index contributed by atoms with van der Waals surface area (Å²) >= 11 is 1.34. The molecule has 0 bridgehead atoms. The van der Waals surface area contributed by atoms with Gasteiger partial charge in [0.2, 0.25) is 0 Å². The molecular weight excluding hydrogens is 258 g/mol. The van der Waals surface area contributed by atoms with Crippen molar-refractivity contribution in [2.45, 2.75) is 13.8 Å². The van der Waals surface area contributed by atoms with E-state index < -0.39 is 0 Å². The first-order valence-electron chi connectivity index (χ1n) is 5.70. The lowest BCUT2D eigenvalue weighted by molar-refractivity contribution is 0.103. The molecule has 0 aliphatic carbocycles. The Kier molecular flexibility index (Phi) is 3.54. The van der Waals surface area contributed by atoms with Gasteiger partial charge in [0.05, 0.1) is 16.1 Å². The predicted octanol–water partition coefficient (Wildman–Crippen LogP) is 3.07. The zero-order valence-electron chi connectivity index (χ0n) is 10.7. The van der Waals surface area contributed by atoms with Crippen LogP contribution in [0.25, 0.3) is 0 Å². The monoisotopic (exact) mass is 271 g/mol. The van der Waals surface area contributed by atoms with E-state index in [4.69, 9.17) is 11.0 Å². The highest BCUT2D eigenvalue weighted by Gasteiger charge is 2.13. The number of aryl methyl sites for hydroxylation is 2. The van der Waals surface area contributed by atoms with Crippen LogP contribution in [0.3, 0.4) is 0 Å². The molecule has 0 saturated carbocycles. The first-order chi connectivity index (χ1) is 9.02. The molecule has 0 spiro atoms. The van der Waals surface area contributed by atoms with Crippen LogP contribution in [0.5, 0.6) is 0 Å². The quantitative estimate of drug-likeness (QED) is 0.881. The van der Waals surface area contributed by atoms with E-state index in [9.17, 15) is 4.79 Å². The van der Waals surface area contributed by atoms with Crippen LogP contribution in [0.15, 0.2) is 24.3 Å². The summed E-state index contributed by atoms with van der Waals surface area (Å²) in [4.78, 5) is 13.5. The lowest BCUT2D eigenvalue weighted by atomic mass is 10.1. The first kappa shape index (κ1) is 13.1. The van der Waals surface area contributed by atoms with Crippen molar-refractivity contribution < 1.29 is 4.79 Å². The summed E-state index contributed by atoms with van der Waals surface area (Å²) in [5.41, 5.74) is 8.18. The highest BCUT2D eigenvalue weighted by molar-refractivity contribution is 7.14. The first-order valence-corrected chi connectivity index (χ1v) is 6.51. The molecule has 0 saturated heterocycles. The summed E-state index contributed by atoms with van der Waals surface area (Å²) in [6, 6.07) is 9.11. The van der Waals surface area contributed by atoms with Gasteiger partial charge in [-0.05, 0) is 31.5 Å². The lowest BCUT2D eigenvalue weighted by Crippen LogP contribution is -2.11. The normalized spacial score (nSPS) is 9.95. The second-order valence-electron chi connectivity index (χ2n) is 4.19.